The Hall–Kier alpha value is -2.05. The quantitative estimate of drug-likeness (QED) is 0.842. The Labute approximate surface area is 159 Å². The molecule has 138 valence electrons. The van der Waals surface area contributed by atoms with Crippen molar-refractivity contribution in [2.45, 2.75) is 26.2 Å². The minimum atomic E-state index is -3.21. The fraction of sp³-hybridized carbons (Fsp3) is 0.316. The number of hydrogen-bond acceptors (Lipinski definition) is 3. The number of hydrogen-bond donors (Lipinski definition) is 1. The highest BCUT2D eigenvalue weighted by molar-refractivity contribution is 7.93. The molecule has 7 heteroatoms. The van der Waals surface area contributed by atoms with Gasteiger partial charge in [-0.3, -0.25) is 9.10 Å². The first-order valence-corrected chi connectivity index (χ1v) is 10.5. The molecule has 1 aliphatic rings. The van der Waals surface area contributed by atoms with Crippen molar-refractivity contribution < 1.29 is 13.2 Å². The number of halogens is 1. The number of anilines is 2. The number of aryl methyl sites for hydroxylation is 2. The lowest BCUT2D eigenvalue weighted by atomic mass is 10.1. The standard InChI is InChI=1S/C19H21ClN2O3S/c1-14-13-16(8-9-18(14)22-11-4-12-26(22,24)25)21-19(23)10-7-15-5-2-3-6-17(15)20/h2-3,5-6,8-9,13H,4,7,10-12H2,1H3,(H,21,23). The molecule has 1 N–H and O–H groups in total. The highest BCUT2D eigenvalue weighted by Crippen LogP contribution is 2.29. The maximum absolute atomic E-state index is 12.2. The predicted molar refractivity (Wildman–Crippen MR) is 105 cm³/mol. The summed E-state index contributed by atoms with van der Waals surface area (Å²) in [6.45, 7) is 2.36. The minimum Gasteiger partial charge on any atom is -0.326 e. The number of amides is 1. The first-order chi connectivity index (χ1) is 12.4. The van der Waals surface area contributed by atoms with Crippen LogP contribution >= 0.6 is 11.6 Å². The summed E-state index contributed by atoms with van der Waals surface area (Å²) in [5.74, 6) is 0.0818. The molecule has 5 nitrogen and oxygen atoms in total. The molecule has 0 saturated carbocycles. The van der Waals surface area contributed by atoms with Gasteiger partial charge in [-0.2, -0.15) is 0 Å². The van der Waals surface area contributed by atoms with Crippen LogP contribution in [0, 0.1) is 6.92 Å². The van der Waals surface area contributed by atoms with Crippen LogP contribution in [0.1, 0.15) is 24.0 Å². The summed E-state index contributed by atoms with van der Waals surface area (Å²) in [6, 6.07) is 12.8. The van der Waals surface area contributed by atoms with Gasteiger partial charge in [0.15, 0.2) is 0 Å². The van der Waals surface area contributed by atoms with Crippen LogP contribution in [-0.4, -0.2) is 26.6 Å². The monoisotopic (exact) mass is 392 g/mol. The van der Waals surface area contributed by atoms with Crippen molar-refractivity contribution in [2.24, 2.45) is 0 Å². The second-order valence-corrected chi connectivity index (χ2v) is 8.80. The molecule has 0 unspecified atom stereocenters. The smallest absolute Gasteiger partial charge is 0.235 e. The summed E-state index contributed by atoms with van der Waals surface area (Å²) < 4.78 is 25.6. The maximum atomic E-state index is 12.2. The zero-order valence-electron chi connectivity index (χ0n) is 14.5. The van der Waals surface area contributed by atoms with E-state index in [1.54, 1.807) is 18.2 Å². The average molecular weight is 393 g/mol. The van der Waals surface area contributed by atoms with E-state index < -0.39 is 10.0 Å². The average Bonchev–Trinajstić information content (AvgIpc) is 2.93. The number of benzene rings is 2. The molecule has 0 radical (unpaired) electrons. The van der Waals surface area contributed by atoms with Gasteiger partial charge < -0.3 is 5.32 Å². The molecule has 0 atom stereocenters. The Kier molecular flexibility index (Phi) is 5.53. The second kappa shape index (κ2) is 7.68. The van der Waals surface area contributed by atoms with Crippen molar-refractivity contribution in [2.75, 3.05) is 21.9 Å². The van der Waals surface area contributed by atoms with Crippen LogP contribution in [0.15, 0.2) is 42.5 Å². The first kappa shape index (κ1) is 18.7. The number of carbonyl (C=O) groups excluding carboxylic acids is 1. The molecule has 0 bridgehead atoms. The zero-order chi connectivity index (χ0) is 18.7. The second-order valence-electron chi connectivity index (χ2n) is 6.38. The topological polar surface area (TPSA) is 66.5 Å². The van der Waals surface area contributed by atoms with Gasteiger partial charge in [0.1, 0.15) is 0 Å². The van der Waals surface area contributed by atoms with Gasteiger partial charge in [0.25, 0.3) is 0 Å². The lowest BCUT2D eigenvalue weighted by Gasteiger charge is -2.20. The van der Waals surface area contributed by atoms with E-state index in [1.165, 1.54) is 4.31 Å². The molecule has 1 fully saturated rings. The fourth-order valence-corrected chi connectivity index (χ4v) is 4.95. The van der Waals surface area contributed by atoms with Crippen LogP contribution in [0.2, 0.25) is 5.02 Å². The number of rotatable bonds is 5. The third-order valence-electron chi connectivity index (χ3n) is 4.43. The van der Waals surface area contributed by atoms with E-state index in [0.29, 0.717) is 42.2 Å². The SMILES string of the molecule is Cc1cc(NC(=O)CCc2ccccc2Cl)ccc1N1CCCS1(=O)=O. The molecule has 2 aromatic rings. The van der Waals surface area contributed by atoms with Crippen molar-refractivity contribution >= 4 is 38.9 Å². The van der Waals surface area contributed by atoms with E-state index >= 15 is 0 Å². The van der Waals surface area contributed by atoms with Gasteiger partial charge in [-0.15, -0.1) is 0 Å². The molecule has 3 rings (SSSR count). The molecular weight excluding hydrogens is 372 g/mol. The van der Waals surface area contributed by atoms with Gasteiger partial charge in [-0.1, -0.05) is 29.8 Å². The normalized spacial score (nSPS) is 15.8. The number of sulfonamides is 1. The largest absolute Gasteiger partial charge is 0.326 e. The summed E-state index contributed by atoms with van der Waals surface area (Å²) in [4.78, 5) is 12.2. The van der Waals surface area contributed by atoms with Crippen LogP contribution in [0.3, 0.4) is 0 Å². The van der Waals surface area contributed by atoms with Gasteiger partial charge in [0.2, 0.25) is 15.9 Å². The van der Waals surface area contributed by atoms with Gasteiger partial charge in [0, 0.05) is 23.7 Å². The van der Waals surface area contributed by atoms with E-state index in [0.717, 1.165) is 11.1 Å². The van der Waals surface area contributed by atoms with Crippen molar-refractivity contribution in [1.29, 1.82) is 0 Å². The zero-order valence-corrected chi connectivity index (χ0v) is 16.1. The van der Waals surface area contributed by atoms with Crippen LogP contribution in [0.4, 0.5) is 11.4 Å². The van der Waals surface area contributed by atoms with Crippen LogP contribution < -0.4 is 9.62 Å². The molecule has 1 amide bonds. The Bertz CT molecular complexity index is 928. The lowest BCUT2D eigenvalue weighted by Crippen LogP contribution is -2.25. The third kappa shape index (κ3) is 4.19. The lowest BCUT2D eigenvalue weighted by molar-refractivity contribution is -0.116. The van der Waals surface area contributed by atoms with Gasteiger partial charge >= 0.3 is 0 Å². The molecule has 1 saturated heterocycles. The van der Waals surface area contributed by atoms with Gasteiger partial charge in [-0.05, 0) is 55.2 Å². The Morgan fingerprint density at radius 1 is 1.23 bits per heavy atom. The van der Waals surface area contributed by atoms with E-state index in [4.69, 9.17) is 11.6 Å². The van der Waals surface area contributed by atoms with Gasteiger partial charge in [-0.25, -0.2) is 8.42 Å². The molecule has 0 spiro atoms. The molecule has 1 aliphatic heterocycles. The maximum Gasteiger partial charge on any atom is 0.235 e. The first-order valence-electron chi connectivity index (χ1n) is 8.51. The Morgan fingerprint density at radius 2 is 2.00 bits per heavy atom. The van der Waals surface area contributed by atoms with Crippen molar-refractivity contribution in [3.05, 3.63) is 58.6 Å². The Morgan fingerprint density at radius 3 is 2.65 bits per heavy atom. The highest BCUT2D eigenvalue weighted by atomic mass is 35.5. The number of nitrogens with one attached hydrogen (secondary N) is 1. The van der Waals surface area contributed by atoms with E-state index in [-0.39, 0.29) is 11.7 Å². The van der Waals surface area contributed by atoms with Crippen LogP contribution in [0.25, 0.3) is 0 Å². The molecule has 26 heavy (non-hydrogen) atoms. The summed E-state index contributed by atoms with van der Waals surface area (Å²) in [7, 11) is -3.21. The van der Waals surface area contributed by atoms with Gasteiger partial charge in [0.05, 0.1) is 11.4 Å². The molecule has 0 aromatic heterocycles. The summed E-state index contributed by atoms with van der Waals surface area (Å²) in [5, 5.41) is 3.52. The molecular formula is C19H21ClN2O3S. The summed E-state index contributed by atoms with van der Waals surface area (Å²) in [5.41, 5.74) is 3.10. The molecule has 1 heterocycles. The van der Waals surface area contributed by atoms with E-state index in [2.05, 4.69) is 5.32 Å². The highest BCUT2D eigenvalue weighted by Gasteiger charge is 2.29. The van der Waals surface area contributed by atoms with Crippen molar-refractivity contribution in [1.82, 2.24) is 0 Å². The van der Waals surface area contributed by atoms with Crippen LogP contribution in [-0.2, 0) is 21.2 Å². The molecule has 2 aromatic carbocycles. The van der Waals surface area contributed by atoms with E-state index in [9.17, 15) is 13.2 Å². The minimum absolute atomic E-state index is 0.106. The van der Waals surface area contributed by atoms with Crippen molar-refractivity contribution in [3.63, 3.8) is 0 Å². The molecule has 0 aliphatic carbocycles. The van der Waals surface area contributed by atoms with Crippen molar-refractivity contribution in [3.8, 4) is 0 Å². The van der Waals surface area contributed by atoms with E-state index in [1.807, 2.05) is 31.2 Å². The summed E-state index contributed by atoms with van der Waals surface area (Å²) in [6.07, 6.45) is 1.53. The van der Waals surface area contributed by atoms with Crippen LogP contribution in [0.5, 0.6) is 0 Å². The Balaban J connectivity index is 1.64. The number of nitrogens with zero attached hydrogens (tertiary/aromatic N) is 1. The third-order valence-corrected chi connectivity index (χ3v) is 6.65. The predicted octanol–water partition coefficient (Wildman–Crippen LogP) is 3.76. The summed E-state index contributed by atoms with van der Waals surface area (Å²) >= 11 is 6.11. The fourth-order valence-electron chi connectivity index (χ4n) is 3.10. The number of carbonyl (C=O) groups is 1.